The van der Waals surface area contributed by atoms with Crippen molar-refractivity contribution in [2.45, 2.75) is 52.1 Å². The molecule has 2 rings (SSSR count). The summed E-state index contributed by atoms with van der Waals surface area (Å²) in [5.74, 6) is 0.0454. The van der Waals surface area contributed by atoms with Gasteiger partial charge >= 0.3 is 0 Å². The Labute approximate surface area is 123 Å². The SMILES string of the molecule is CC1(C)CCCCC1C(O)Cc1cccc(F)c1Br. The van der Waals surface area contributed by atoms with Gasteiger partial charge in [-0.2, -0.15) is 0 Å². The predicted octanol–water partition coefficient (Wildman–Crippen LogP) is 4.71. The van der Waals surface area contributed by atoms with Crippen LogP contribution in [0.1, 0.15) is 45.1 Å². The van der Waals surface area contributed by atoms with E-state index >= 15 is 0 Å². The Kier molecular flexibility index (Phi) is 4.67. The molecule has 1 aromatic rings. The second-order valence-electron chi connectivity index (χ2n) is 6.33. The van der Waals surface area contributed by atoms with E-state index < -0.39 is 6.10 Å². The summed E-state index contributed by atoms with van der Waals surface area (Å²) in [6, 6.07) is 5.02. The van der Waals surface area contributed by atoms with E-state index in [0.717, 1.165) is 12.0 Å². The lowest BCUT2D eigenvalue weighted by Crippen LogP contribution is -2.37. The summed E-state index contributed by atoms with van der Waals surface area (Å²) < 4.78 is 14.0. The van der Waals surface area contributed by atoms with E-state index in [4.69, 9.17) is 0 Å². The van der Waals surface area contributed by atoms with Crippen LogP contribution in [-0.4, -0.2) is 11.2 Å². The Morgan fingerprint density at radius 1 is 1.42 bits per heavy atom. The van der Waals surface area contributed by atoms with Crippen LogP contribution in [0.15, 0.2) is 22.7 Å². The molecule has 0 bridgehead atoms. The molecule has 0 saturated heterocycles. The van der Waals surface area contributed by atoms with Crippen molar-refractivity contribution in [2.24, 2.45) is 11.3 Å². The lowest BCUT2D eigenvalue weighted by atomic mass is 9.66. The van der Waals surface area contributed by atoms with Crippen molar-refractivity contribution in [3.05, 3.63) is 34.1 Å². The van der Waals surface area contributed by atoms with Crippen LogP contribution >= 0.6 is 15.9 Å². The second-order valence-corrected chi connectivity index (χ2v) is 7.12. The zero-order chi connectivity index (χ0) is 14.0. The number of aliphatic hydroxyl groups excluding tert-OH is 1. The fourth-order valence-corrected chi connectivity index (χ4v) is 3.73. The molecule has 0 heterocycles. The monoisotopic (exact) mass is 328 g/mol. The summed E-state index contributed by atoms with van der Waals surface area (Å²) in [5.41, 5.74) is 1.03. The van der Waals surface area contributed by atoms with E-state index in [1.54, 1.807) is 6.07 Å². The van der Waals surface area contributed by atoms with E-state index in [0.29, 0.717) is 16.8 Å². The summed E-state index contributed by atoms with van der Waals surface area (Å²) in [5, 5.41) is 10.5. The van der Waals surface area contributed by atoms with Crippen LogP contribution in [0.25, 0.3) is 0 Å². The highest BCUT2D eigenvalue weighted by Crippen LogP contribution is 2.43. The zero-order valence-corrected chi connectivity index (χ0v) is 13.2. The Morgan fingerprint density at radius 3 is 2.84 bits per heavy atom. The molecular weight excluding hydrogens is 307 g/mol. The highest BCUT2D eigenvalue weighted by atomic mass is 79.9. The van der Waals surface area contributed by atoms with E-state index in [-0.39, 0.29) is 11.2 Å². The van der Waals surface area contributed by atoms with Crippen LogP contribution in [0.2, 0.25) is 0 Å². The number of rotatable bonds is 3. The maximum Gasteiger partial charge on any atom is 0.137 e. The molecule has 2 unspecified atom stereocenters. The average Bonchev–Trinajstić information content (AvgIpc) is 2.34. The molecule has 2 atom stereocenters. The first-order valence-electron chi connectivity index (χ1n) is 7.03. The molecule has 1 N–H and O–H groups in total. The Hall–Kier alpha value is -0.410. The lowest BCUT2D eigenvalue weighted by molar-refractivity contribution is 0.00569. The van der Waals surface area contributed by atoms with E-state index in [9.17, 15) is 9.50 Å². The minimum atomic E-state index is -0.395. The maximum atomic E-state index is 13.5. The van der Waals surface area contributed by atoms with Crippen LogP contribution in [0.5, 0.6) is 0 Å². The largest absolute Gasteiger partial charge is 0.392 e. The molecule has 1 aliphatic carbocycles. The summed E-state index contributed by atoms with van der Waals surface area (Å²) >= 11 is 3.28. The topological polar surface area (TPSA) is 20.2 Å². The molecule has 1 nitrogen and oxygen atoms in total. The molecule has 19 heavy (non-hydrogen) atoms. The standard InChI is InChI=1S/C16H22BrFO/c1-16(2)9-4-3-7-12(16)14(19)10-11-6-5-8-13(18)15(11)17/h5-6,8,12,14,19H,3-4,7,9-10H2,1-2H3. The van der Waals surface area contributed by atoms with Gasteiger partial charge in [0.25, 0.3) is 0 Å². The third-order valence-corrected chi connectivity index (χ3v) is 5.40. The van der Waals surface area contributed by atoms with Crippen molar-refractivity contribution in [1.82, 2.24) is 0 Å². The van der Waals surface area contributed by atoms with Gasteiger partial charge in [-0.25, -0.2) is 4.39 Å². The number of benzene rings is 1. The van der Waals surface area contributed by atoms with Crippen molar-refractivity contribution < 1.29 is 9.50 Å². The maximum absolute atomic E-state index is 13.5. The number of halogens is 2. The van der Waals surface area contributed by atoms with Gasteiger partial charge in [-0.3, -0.25) is 0 Å². The second kappa shape index (κ2) is 5.92. The molecule has 0 amide bonds. The van der Waals surface area contributed by atoms with E-state index in [2.05, 4.69) is 29.8 Å². The Morgan fingerprint density at radius 2 is 2.16 bits per heavy atom. The smallest absolute Gasteiger partial charge is 0.137 e. The first-order chi connectivity index (χ1) is 8.92. The first-order valence-corrected chi connectivity index (χ1v) is 7.82. The third-order valence-electron chi connectivity index (χ3n) is 4.52. The van der Waals surface area contributed by atoms with Crippen molar-refractivity contribution in [3.63, 3.8) is 0 Å². The van der Waals surface area contributed by atoms with Gasteiger partial charge in [-0.05, 0) is 58.2 Å². The van der Waals surface area contributed by atoms with Crippen LogP contribution in [-0.2, 0) is 6.42 Å². The van der Waals surface area contributed by atoms with Crippen LogP contribution in [0.3, 0.4) is 0 Å². The molecule has 0 radical (unpaired) electrons. The summed E-state index contributed by atoms with van der Waals surface area (Å²) in [7, 11) is 0. The highest BCUT2D eigenvalue weighted by molar-refractivity contribution is 9.10. The van der Waals surface area contributed by atoms with Crippen molar-refractivity contribution in [1.29, 1.82) is 0 Å². The van der Waals surface area contributed by atoms with Crippen molar-refractivity contribution in [3.8, 4) is 0 Å². The van der Waals surface area contributed by atoms with Gasteiger partial charge in [-0.15, -0.1) is 0 Å². The summed E-state index contributed by atoms with van der Waals surface area (Å²) in [4.78, 5) is 0. The van der Waals surface area contributed by atoms with Gasteiger partial charge in [0.15, 0.2) is 0 Å². The average molecular weight is 329 g/mol. The Bertz CT molecular complexity index is 444. The van der Waals surface area contributed by atoms with Crippen molar-refractivity contribution in [2.75, 3.05) is 0 Å². The van der Waals surface area contributed by atoms with Gasteiger partial charge in [0.1, 0.15) is 5.82 Å². The normalized spacial score (nSPS) is 24.2. The predicted molar refractivity (Wildman–Crippen MR) is 79.5 cm³/mol. The van der Waals surface area contributed by atoms with Gasteiger partial charge in [0.05, 0.1) is 10.6 Å². The first kappa shape index (κ1) is 15.0. The van der Waals surface area contributed by atoms with Crippen molar-refractivity contribution >= 4 is 15.9 Å². The molecule has 1 fully saturated rings. The minimum absolute atomic E-state index is 0.178. The molecular formula is C16H22BrFO. The molecule has 3 heteroatoms. The number of hydrogen-bond donors (Lipinski definition) is 1. The Balaban J connectivity index is 2.12. The quantitative estimate of drug-likeness (QED) is 0.852. The number of aliphatic hydroxyl groups is 1. The third kappa shape index (κ3) is 3.38. The van der Waals surface area contributed by atoms with E-state index in [1.807, 2.05) is 6.07 Å². The summed E-state index contributed by atoms with van der Waals surface area (Å²) in [6.45, 7) is 4.47. The zero-order valence-electron chi connectivity index (χ0n) is 11.6. The molecule has 1 aromatic carbocycles. The highest BCUT2D eigenvalue weighted by Gasteiger charge is 2.36. The molecule has 1 aliphatic rings. The molecule has 0 aromatic heterocycles. The molecule has 0 aliphatic heterocycles. The van der Waals surface area contributed by atoms with Gasteiger partial charge in [-0.1, -0.05) is 38.8 Å². The fraction of sp³-hybridized carbons (Fsp3) is 0.625. The van der Waals surface area contributed by atoms with Crippen LogP contribution in [0, 0.1) is 17.2 Å². The molecule has 0 spiro atoms. The van der Waals surface area contributed by atoms with Gasteiger partial charge in [0.2, 0.25) is 0 Å². The molecule has 1 saturated carbocycles. The summed E-state index contributed by atoms with van der Waals surface area (Å²) in [6.07, 6.45) is 4.80. The van der Waals surface area contributed by atoms with Crippen LogP contribution < -0.4 is 0 Å². The minimum Gasteiger partial charge on any atom is -0.392 e. The van der Waals surface area contributed by atoms with Gasteiger partial charge in [0, 0.05) is 0 Å². The van der Waals surface area contributed by atoms with Gasteiger partial charge < -0.3 is 5.11 Å². The lowest BCUT2D eigenvalue weighted by Gasteiger charge is -2.41. The number of hydrogen-bond acceptors (Lipinski definition) is 1. The fourth-order valence-electron chi connectivity index (χ4n) is 3.31. The molecule has 106 valence electrons. The van der Waals surface area contributed by atoms with Crippen LogP contribution in [0.4, 0.5) is 4.39 Å². The van der Waals surface area contributed by atoms with E-state index in [1.165, 1.54) is 25.3 Å².